The highest BCUT2D eigenvalue weighted by atomic mass is 79.9. The van der Waals surface area contributed by atoms with Gasteiger partial charge in [0.1, 0.15) is 6.61 Å². The van der Waals surface area contributed by atoms with Gasteiger partial charge in [-0.05, 0) is 42.0 Å². The lowest BCUT2D eigenvalue weighted by Gasteiger charge is -2.05. The number of ether oxygens (including phenoxy) is 1. The molecule has 0 unspecified atom stereocenters. The summed E-state index contributed by atoms with van der Waals surface area (Å²) in [4.78, 5) is 11.7. The van der Waals surface area contributed by atoms with Crippen LogP contribution in [0.5, 0.6) is 0 Å². The quantitative estimate of drug-likeness (QED) is 0.779. The largest absolute Gasteiger partial charge is 0.457 e. The van der Waals surface area contributed by atoms with E-state index in [0.717, 1.165) is 10.0 Å². The molecule has 0 heterocycles. The second-order valence-corrected chi connectivity index (χ2v) is 5.07. The lowest BCUT2D eigenvalue weighted by Crippen LogP contribution is -2.04. The number of benzene rings is 2. The van der Waals surface area contributed by atoms with Gasteiger partial charge < -0.3 is 4.74 Å². The SMILES string of the molecule is O=C(OCc1cccc(Br)c1)c1ccc(Cl)cc1. The van der Waals surface area contributed by atoms with E-state index in [1.165, 1.54) is 0 Å². The predicted molar refractivity (Wildman–Crippen MR) is 74.7 cm³/mol. The van der Waals surface area contributed by atoms with Crippen molar-refractivity contribution in [1.29, 1.82) is 0 Å². The van der Waals surface area contributed by atoms with Crippen LogP contribution in [0.1, 0.15) is 15.9 Å². The molecule has 0 aliphatic rings. The summed E-state index contributed by atoms with van der Waals surface area (Å²) in [5.74, 6) is -0.355. The first-order valence-corrected chi connectivity index (χ1v) is 6.49. The number of hydrogen-bond donors (Lipinski definition) is 0. The second kappa shape index (κ2) is 6.03. The Bertz CT molecular complexity index is 552. The van der Waals surface area contributed by atoms with Crippen LogP contribution < -0.4 is 0 Å². The standard InChI is InChI=1S/C14H10BrClO2/c15-12-3-1-2-10(8-12)9-18-14(17)11-4-6-13(16)7-5-11/h1-8H,9H2. The van der Waals surface area contributed by atoms with Gasteiger partial charge in [0.2, 0.25) is 0 Å². The summed E-state index contributed by atoms with van der Waals surface area (Å²) in [5.41, 5.74) is 1.43. The summed E-state index contributed by atoms with van der Waals surface area (Å²) in [6, 6.07) is 14.3. The summed E-state index contributed by atoms with van der Waals surface area (Å²) in [7, 11) is 0. The molecule has 92 valence electrons. The molecular weight excluding hydrogens is 316 g/mol. The molecule has 0 amide bonds. The number of carbonyl (C=O) groups is 1. The van der Waals surface area contributed by atoms with Crippen molar-refractivity contribution in [2.45, 2.75) is 6.61 Å². The Morgan fingerprint density at radius 2 is 1.89 bits per heavy atom. The van der Waals surface area contributed by atoms with E-state index >= 15 is 0 Å². The molecule has 2 rings (SSSR count). The molecule has 0 aromatic heterocycles. The van der Waals surface area contributed by atoms with Crippen molar-refractivity contribution >= 4 is 33.5 Å². The van der Waals surface area contributed by atoms with Crippen LogP contribution in [0, 0.1) is 0 Å². The van der Waals surface area contributed by atoms with Crippen LogP contribution in [-0.4, -0.2) is 5.97 Å². The molecule has 0 radical (unpaired) electrons. The molecule has 0 aliphatic heterocycles. The number of esters is 1. The van der Waals surface area contributed by atoms with E-state index in [1.54, 1.807) is 24.3 Å². The fourth-order valence-corrected chi connectivity index (χ4v) is 2.02. The van der Waals surface area contributed by atoms with Gasteiger partial charge in [-0.15, -0.1) is 0 Å². The van der Waals surface area contributed by atoms with Crippen LogP contribution in [0.3, 0.4) is 0 Å². The molecule has 0 atom stereocenters. The average molecular weight is 326 g/mol. The van der Waals surface area contributed by atoms with E-state index in [9.17, 15) is 4.79 Å². The third kappa shape index (κ3) is 3.59. The third-order valence-corrected chi connectivity index (χ3v) is 3.08. The number of hydrogen-bond acceptors (Lipinski definition) is 2. The fourth-order valence-electron chi connectivity index (χ4n) is 1.44. The molecule has 0 aliphatic carbocycles. The van der Waals surface area contributed by atoms with Gasteiger partial charge in [0.05, 0.1) is 5.56 Å². The van der Waals surface area contributed by atoms with E-state index in [1.807, 2.05) is 24.3 Å². The molecule has 0 N–H and O–H groups in total. The van der Waals surface area contributed by atoms with Crippen molar-refractivity contribution < 1.29 is 9.53 Å². The van der Waals surface area contributed by atoms with Crippen molar-refractivity contribution in [2.24, 2.45) is 0 Å². The lowest BCUT2D eigenvalue weighted by atomic mass is 10.2. The molecule has 0 spiro atoms. The zero-order valence-corrected chi connectivity index (χ0v) is 11.7. The Kier molecular flexibility index (Phi) is 4.39. The van der Waals surface area contributed by atoms with Crippen LogP contribution in [0.25, 0.3) is 0 Å². The van der Waals surface area contributed by atoms with E-state index < -0.39 is 0 Å². The molecule has 0 fully saturated rings. The van der Waals surface area contributed by atoms with Gasteiger partial charge in [-0.25, -0.2) is 4.79 Å². The van der Waals surface area contributed by atoms with Gasteiger partial charge in [-0.1, -0.05) is 39.7 Å². The van der Waals surface area contributed by atoms with Crippen molar-refractivity contribution in [3.8, 4) is 0 Å². The highest BCUT2D eigenvalue weighted by Gasteiger charge is 2.06. The zero-order valence-electron chi connectivity index (χ0n) is 9.40. The Hall–Kier alpha value is -1.32. The van der Waals surface area contributed by atoms with E-state index in [4.69, 9.17) is 16.3 Å². The Morgan fingerprint density at radius 3 is 2.56 bits per heavy atom. The van der Waals surface area contributed by atoms with Gasteiger partial charge in [0.25, 0.3) is 0 Å². The number of carbonyl (C=O) groups excluding carboxylic acids is 1. The van der Waals surface area contributed by atoms with Crippen LogP contribution in [0.4, 0.5) is 0 Å². The minimum absolute atomic E-state index is 0.251. The van der Waals surface area contributed by atoms with Crippen molar-refractivity contribution in [3.63, 3.8) is 0 Å². The summed E-state index contributed by atoms with van der Waals surface area (Å²) in [5, 5.41) is 0.596. The molecule has 2 aromatic carbocycles. The van der Waals surface area contributed by atoms with Crippen molar-refractivity contribution in [3.05, 3.63) is 69.2 Å². The van der Waals surface area contributed by atoms with Gasteiger partial charge in [-0.2, -0.15) is 0 Å². The summed E-state index contributed by atoms with van der Waals surface area (Å²) in [6.07, 6.45) is 0. The topological polar surface area (TPSA) is 26.3 Å². The molecule has 2 nitrogen and oxygen atoms in total. The van der Waals surface area contributed by atoms with Gasteiger partial charge in [0.15, 0.2) is 0 Å². The molecule has 0 saturated carbocycles. The van der Waals surface area contributed by atoms with Crippen LogP contribution in [0.15, 0.2) is 53.0 Å². The lowest BCUT2D eigenvalue weighted by molar-refractivity contribution is 0.0472. The third-order valence-electron chi connectivity index (χ3n) is 2.34. The smallest absolute Gasteiger partial charge is 0.338 e. The Morgan fingerprint density at radius 1 is 1.17 bits per heavy atom. The fraction of sp³-hybridized carbons (Fsp3) is 0.0714. The molecule has 4 heteroatoms. The van der Waals surface area contributed by atoms with Crippen LogP contribution >= 0.6 is 27.5 Å². The maximum absolute atomic E-state index is 11.7. The average Bonchev–Trinajstić information content (AvgIpc) is 2.37. The molecule has 2 aromatic rings. The van der Waals surface area contributed by atoms with E-state index in [2.05, 4.69) is 15.9 Å². The minimum Gasteiger partial charge on any atom is -0.457 e. The first-order chi connectivity index (χ1) is 8.65. The van der Waals surface area contributed by atoms with Crippen molar-refractivity contribution in [2.75, 3.05) is 0 Å². The van der Waals surface area contributed by atoms with E-state index in [0.29, 0.717) is 10.6 Å². The van der Waals surface area contributed by atoms with Gasteiger partial charge in [-0.3, -0.25) is 0 Å². The molecular formula is C14H10BrClO2. The van der Waals surface area contributed by atoms with Crippen LogP contribution in [-0.2, 0) is 11.3 Å². The summed E-state index contributed by atoms with van der Waals surface area (Å²) < 4.78 is 6.17. The van der Waals surface area contributed by atoms with E-state index in [-0.39, 0.29) is 12.6 Å². The molecule has 0 bridgehead atoms. The molecule has 18 heavy (non-hydrogen) atoms. The Labute approximate surface area is 119 Å². The number of halogens is 2. The predicted octanol–water partition coefficient (Wildman–Crippen LogP) is 4.46. The molecule has 0 saturated heterocycles. The van der Waals surface area contributed by atoms with Crippen LogP contribution in [0.2, 0.25) is 5.02 Å². The highest BCUT2D eigenvalue weighted by molar-refractivity contribution is 9.10. The highest BCUT2D eigenvalue weighted by Crippen LogP contribution is 2.14. The normalized spacial score (nSPS) is 10.1. The maximum Gasteiger partial charge on any atom is 0.338 e. The van der Waals surface area contributed by atoms with Gasteiger partial charge in [0, 0.05) is 9.50 Å². The van der Waals surface area contributed by atoms with Gasteiger partial charge >= 0.3 is 5.97 Å². The second-order valence-electron chi connectivity index (χ2n) is 3.71. The first-order valence-electron chi connectivity index (χ1n) is 5.32. The first kappa shape index (κ1) is 13.1. The summed E-state index contributed by atoms with van der Waals surface area (Å²) >= 11 is 9.12. The Balaban J connectivity index is 1.98. The monoisotopic (exact) mass is 324 g/mol. The maximum atomic E-state index is 11.7. The minimum atomic E-state index is -0.355. The summed E-state index contributed by atoms with van der Waals surface area (Å²) in [6.45, 7) is 0.251. The van der Waals surface area contributed by atoms with Crippen molar-refractivity contribution in [1.82, 2.24) is 0 Å². The number of rotatable bonds is 3. The zero-order chi connectivity index (χ0) is 13.0.